The van der Waals surface area contributed by atoms with Crippen molar-refractivity contribution in [2.75, 3.05) is 12.8 Å². The van der Waals surface area contributed by atoms with E-state index in [1.165, 1.54) is 22.3 Å². The molecule has 0 atom stereocenters. The zero-order valence-corrected chi connectivity index (χ0v) is 13.7. The van der Waals surface area contributed by atoms with Crippen LogP contribution in [0.3, 0.4) is 0 Å². The largest absolute Gasteiger partial charge is 0.294 e. The summed E-state index contributed by atoms with van der Waals surface area (Å²) in [6, 6.07) is 1.39. The van der Waals surface area contributed by atoms with Gasteiger partial charge in [-0.3, -0.25) is 9.69 Å². The van der Waals surface area contributed by atoms with Crippen LogP contribution in [0.4, 0.5) is 4.39 Å². The molecule has 0 saturated heterocycles. The number of halogens is 1. The molecule has 2 heterocycles. The fraction of sp³-hybridized carbons (Fsp3) is 0.467. The molecular weight excluding hydrogens is 307 g/mol. The van der Waals surface area contributed by atoms with E-state index >= 15 is 0 Å². The van der Waals surface area contributed by atoms with Crippen LogP contribution in [0.1, 0.15) is 30.6 Å². The van der Waals surface area contributed by atoms with Gasteiger partial charge in [0, 0.05) is 23.4 Å². The summed E-state index contributed by atoms with van der Waals surface area (Å²) in [5.41, 5.74) is 0.807. The summed E-state index contributed by atoms with van der Waals surface area (Å²) in [4.78, 5) is 18.8. The normalized spacial score (nSPS) is 16.7. The van der Waals surface area contributed by atoms with Gasteiger partial charge in [-0.2, -0.15) is 0 Å². The molecule has 21 heavy (non-hydrogen) atoms. The molecule has 0 radical (unpaired) electrons. The molecule has 6 heteroatoms. The van der Waals surface area contributed by atoms with Crippen LogP contribution >= 0.6 is 23.1 Å². The predicted molar refractivity (Wildman–Crippen MR) is 88.3 cm³/mol. The quantitative estimate of drug-likeness (QED) is 0.821. The second-order valence-electron chi connectivity index (χ2n) is 4.94. The van der Waals surface area contributed by atoms with Gasteiger partial charge in [-0.05, 0) is 30.7 Å². The number of rotatable bonds is 2. The molecule has 0 saturated carbocycles. The average molecular weight is 326 g/mol. The molecular formula is C15H19FN2OS2. The topological polar surface area (TPSA) is 32.7 Å². The van der Waals surface area contributed by atoms with Crippen molar-refractivity contribution in [2.24, 2.45) is 4.99 Å². The first kappa shape index (κ1) is 16.2. The highest BCUT2D eigenvalue weighted by Crippen LogP contribution is 2.21. The maximum Gasteiger partial charge on any atom is 0.233 e. The van der Waals surface area contributed by atoms with Crippen LogP contribution < -0.4 is 0 Å². The summed E-state index contributed by atoms with van der Waals surface area (Å²) < 4.78 is 13.4. The van der Waals surface area contributed by atoms with Gasteiger partial charge in [0.1, 0.15) is 5.82 Å². The second kappa shape index (κ2) is 7.75. The van der Waals surface area contributed by atoms with E-state index in [9.17, 15) is 9.18 Å². The lowest BCUT2D eigenvalue weighted by molar-refractivity contribution is -0.125. The Labute approximate surface area is 132 Å². The van der Waals surface area contributed by atoms with Crippen LogP contribution in [0.5, 0.6) is 0 Å². The third kappa shape index (κ3) is 4.68. The molecule has 0 N–H and O–H groups in total. The standard InChI is InChI=1S/C15H19FN2OS2/c1-11-6-4-3-5-8-21-15(17-11)18(2)14(19)10-13-12(16)7-9-20-13/h7,9H,1,3-6,8,10H2,2H3. The van der Waals surface area contributed by atoms with Crippen LogP contribution in [-0.2, 0) is 11.2 Å². The van der Waals surface area contributed by atoms with Crippen LogP contribution in [0.2, 0.25) is 0 Å². The van der Waals surface area contributed by atoms with Crippen molar-refractivity contribution >= 4 is 34.2 Å². The van der Waals surface area contributed by atoms with Crippen molar-refractivity contribution in [2.45, 2.75) is 32.1 Å². The number of hydrogen-bond acceptors (Lipinski definition) is 4. The van der Waals surface area contributed by atoms with Gasteiger partial charge < -0.3 is 0 Å². The highest BCUT2D eigenvalue weighted by Gasteiger charge is 2.19. The van der Waals surface area contributed by atoms with Crippen LogP contribution in [0, 0.1) is 5.82 Å². The third-order valence-electron chi connectivity index (χ3n) is 3.26. The van der Waals surface area contributed by atoms with E-state index in [1.807, 2.05) is 0 Å². The number of thiophene rings is 1. The molecule has 1 aliphatic heterocycles. The van der Waals surface area contributed by atoms with Crippen molar-refractivity contribution in [3.05, 3.63) is 34.4 Å². The van der Waals surface area contributed by atoms with Gasteiger partial charge in [-0.25, -0.2) is 9.38 Å². The minimum absolute atomic E-state index is 0.0755. The summed E-state index contributed by atoms with van der Waals surface area (Å²) in [6.07, 6.45) is 4.30. The predicted octanol–water partition coefficient (Wildman–Crippen LogP) is 4.07. The van der Waals surface area contributed by atoms with E-state index in [4.69, 9.17) is 0 Å². The smallest absolute Gasteiger partial charge is 0.233 e. The van der Waals surface area contributed by atoms with Crippen LogP contribution in [-0.4, -0.2) is 28.8 Å². The molecule has 0 fully saturated rings. The molecule has 3 nitrogen and oxygen atoms in total. The summed E-state index contributed by atoms with van der Waals surface area (Å²) >= 11 is 2.84. The van der Waals surface area contributed by atoms with Gasteiger partial charge in [0.25, 0.3) is 0 Å². The number of hydrogen-bond donors (Lipinski definition) is 0. The van der Waals surface area contributed by atoms with Gasteiger partial charge in [-0.1, -0.05) is 24.8 Å². The molecule has 1 aromatic rings. The number of aliphatic imine (C=N–C) groups is 1. The Morgan fingerprint density at radius 2 is 2.29 bits per heavy atom. The zero-order chi connectivity index (χ0) is 15.2. The first-order valence-electron chi connectivity index (χ1n) is 6.95. The van der Waals surface area contributed by atoms with Crippen LogP contribution in [0.25, 0.3) is 0 Å². The van der Waals surface area contributed by atoms with E-state index in [0.29, 0.717) is 10.0 Å². The SMILES string of the molecule is C=C1CCCCCSC(N(C)C(=O)Cc2sccc2F)=N1. The highest BCUT2D eigenvalue weighted by atomic mass is 32.2. The Morgan fingerprint density at radius 1 is 1.48 bits per heavy atom. The van der Waals surface area contributed by atoms with Crippen LogP contribution in [0.15, 0.2) is 28.7 Å². The lowest BCUT2D eigenvalue weighted by Crippen LogP contribution is -2.32. The maximum atomic E-state index is 13.4. The maximum absolute atomic E-state index is 13.4. The molecule has 0 bridgehead atoms. The Hall–Kier alpha value is -1.14. The molecule has 0 aromatic carbocycles. The average Bonchev–Trinajstić information content (AvgIpc) is 2.89. The monoisotopic (exact) mass is 326 g/mol. The van der Waals surface area contributed by atoms with Crippen molar-refractivity contribution in [3.8, 4) is 0 Å². The van der Waals surface area contributed by atoms with Crippen molar-refractivity contribution in [1.82, 2.24) is 4.90 Å². The molecule has 1 aromatic heterocycles. The Kier molecular flexibility index (Phi) is 5.99. The van der Waals surface area contributed by atoms with E-state index in [0.717, 1.165) is 37.1 Å². The number of amides is 1. The number of thioether (sulfide) groups is 1. The van der Waals surface area contributed by atoms with Crippen molar-refractivity contribution < 1.29 is 9.18 Å². The van der Waals surface area contributed by atoms with Gasteiger partial charge in [0.2, 0.25) is 5.91 Å². The van der Waals surface area contributed by atoms with Crippen molar-refractivity contribution in [3.63, 3.8) is 0 Å². The first-order valence-corrected chi connectivity index (χ1v) is 8.82. The Morgan fingerprint density at radius 3 is 3.00 bits per heavy atom. The lowest BCUT2D eigenvalue weighted by atomic mass is 10.2. The molecule has 0 aliphatic carbocycles. The molecule has 1 aliphatic rings. The fourth-order valence-electron chi connectivity index (χ4n) is 1.98. The first-order chi connectivity index (χ1) is 10.1. The van der Waals surface area contributed by atoms with E-state index < -0.39 is 0 Å². The minimum Gasteiger partial charge on any atom is -0.294 e. The van der Waals surface area contributed by atoms with Gasteiger partial charge >= 0.3 is 0 Å². The number of carbonyl (C=O) groups is 1. The summed E-state index contributed by atoms with van der Waals surface area (Å²) in [6.45, 7) is 3.94. The number of allylic oxidation sites excluding steroid dienone is 1. The number of carbonyl (C=O) groups excluding carboxylic acids is 1. The second-order valence-corrected chi connectivity index (χ2v) is 7.00. The summed E-state index contributed by atoms with van der Waals surface area (Å²) in [5.74, 6) is 0.488. The zero-order valence-electron chi connectivity index (χ0n) is 12.1. The third-order valence-corrected chi connectivity index (χ3v) is 5.27. The summed E-state index contributed by atoms with van der Waals surface area (Å²) in [7, 11) is 1.70. The van der Waals surface area contributed by atoms with Gasteiger partial charge in [0.15, 0.2) is 5.17 Å². The van der Waals surface area contributed by atoms with Gasteiger partial charge in [-0.15, -0.1) is 11.3 Å². The van der Waals surface area contributed by atoms with E-state index in [2.05, 4.69) is 11.6 Å². The lowest BCUT2D eigenvalue weighted by Gasteiger charge is -2.18. The van der Waals surface area contributed by atoms with Gasteiger partial charge in [0.05, 0.1) is 6.42 Å². The fourth-order valence-corrected chi connectivity index (χ4v) is 3.74. The molecule has 2 rings (SSSR count). The Bertz CT molecular complexity index is 554. The molecule has 0 unspecified atom stereocenters. The highest BCUT2D eigenvalue weighted by molar-refractivity contribution is 8.13. The number of amidine groups is 1. The molecule has 1 amide bonds. The summed E-state index contributed by atoms with van der Waals surface area (Å²) in [5, 5.41) is 2.33. The van der Waals surface area contributed by atoms with E-state index in [1.54, 1.807) is 24.2 Å². The van der Waals surface area contributed by atoms with E-state index in [-0.39, 0.29) is 18.1 Å². The van der Waals surface area contributed by atoms with Crippen molar-refractivity contribution in [1.29, 1.82) is 0 Å². The molecule has 0 spiro atoms. The minimum atomic E-state index is -0.310. The molecule has 114 valence electrons. The number of nitrogens with zero attached hydrogens (tertiary/aromatic N) is 2. The number of likely N-dealkylation sites (N-methyl/N-ethyl adjacent to an activating group) is 1. The Balaban J connectivity index is 2.06.